The topological polar surface area (TPSA) is 419 Å². The Morgan fingerprint density at radius 2 is 1.47 bits per heavy atom. The summed E-state index contributed by atoms with van der Waals surface area (Å²) >= 11 is -0.186. The summed E-state index contributed by atoms with van der Waals surface area (Å²) in [5.74, 6) is -5.47. The monoisotopic (exact) mass is 898 g/mol. The normalized spacial score (nSPS) is 41.0. The predicted molar refractivity (Wildman–Crippen MR) is 171 cm³/mol. The molecule has 28 nitrogen and oxygen atoms in total. The van der Waals surface area contributed by atoms with Crippen molar-refractivity contribution in [3.05, 3.63) is 11.8 Å². The van der Waals surface area contributed by atoms with Crippen molar-refractivity contribution in [2.75, 3.05) is 19.8 Å². The second kappa shape index (κ2) is 20.3. The second-order valence-corrected chi connectivity index (χ2v) is 15.4. The van der Waals surface area contributed by atoms with Gasteiger partial charge in [0.2, 0.25) is 12.0 Å². The van der Waals surface area contributed by atoms with Crippen LogP contribution >= 0.6 is 12.3 Å². The lowest BCUT2D eigenvalue weighted by Gasteiger charge is -2.46. The zero-order valence-electron chi connectivity index (χ0n) is 29.2. The third kappa shape index (κ3) is 12.7. The van der Waals surface area contributed by atoms with Crippen molar-refractivity contribution in [2.45, 2.75) is 112 Å². The summed E-state index contributed by atoms with van der Waals surface area (Å²) < 4.78 is 123. The molecule has 31 heteroatoms. The maximum atomic E-state index is 12.1. The van der Waals surface area contributed by atoms with Crippen LogP contribution in [-0.2, 0) is 80.7 Å². The fourth-order valence-electron chi connectivity index (χ4n) is 6.19. The van der Waals surface area contributed by atoms with Crippen LogP contribution in [0.1, 0.15) is 13.8 Å². The van der Waals surface area contributed by atoms with Gasteiger partial charge in [0.25, 0.3) is 0 Å². The molecule has 0 aromatic heterocycles. The molecule has 18 atom stereocenters. The number of aliphatic hydroxyl groups is 7. The zero-order valence-corrected chi connectivity index (χ0v) is 31.6. The van der Waals surface area contributed by atoms with Crippen molar-refractivity contribution >= 4 is 39.1 Å². The minimum Gasteiger partial charge on any atom is -0.475 e. The standard InChI is InChI=1S/C26H42O28S3/c1-7(27)18-16(31)17(32)25(49-18)50-19-8(2)46-26(21(51-55-54-53-36)20(19)52-57(40,41)42)44-4-9-10(23(35)47-13(14(9)29)6-45-56(37,38)39)5-43-24-15(30)11(28)3-12(48-24)22(33)34/h3,7-11,13-21,23-32,35-36H,4-6H2,1-2H3,(H,33,34)(H,37,38,39)(H,40,41,42). The Bertz CT molecular complexity index is 1560. The van der Waals surface area contributed by atoms with Crippen LogP contribution < -0.4 is 0 Å². The molecule has 57 heavy (non-hydrogen) atoms. The highest BCUT2D eigenvalue weighted by molar-refractivity contribution is 7.89. The van der Waals surface area contributed by atoms with Gasteiger partial charge in [-0.15, -0.1) is 4.33 Å². The molecule has 332 valence electrons. The van der Waals surface area contributed by atoms with E-state index in [1.807, 2.05) is 0 Å². The van der Waals surface area contributed by atoms with Crippen LogP contribution in [-0.4, -0.2) is 196 Å². The molecule has 0 radical (unpaired) electrons. The SMILES string of the molecule is CC(O)C1OC(OC2C(C)OC(OCC3C(O)C(COS(=O)(=O)O)OC(O)C3COC3OC(C(=O)O)=CC(O)C3O)C(OSOOO)C2OS(=O)(=O)O)C(O)C1O. The highest BCUT2D eigenvalue weighted by atomic mass is 32.3. The summed E-state index contributed by atoms with van der Waals surface area (Å²) in [6.07, 6.45) is -27.8. The first-order valence-corrected chi connectivity index (χ1v) is 19.7. The van der Waals surface area contributed by atoms with Gasteiger partial charge in [-0.05, 0) is 19.9 Å². The Morgan fingerprint density at radius 1 is 0.825 bits per heavy atom. The summed E-state index contributed by atoms with van der Waals surface area (Å²) in [5, 5.41) is 94.8. The largest absolute Gasteiger partial charge is 0.475 e. The van der Waals surface area contributed by atoms with Crippen molar-refractivity contribution < 1.29 is 132 Å². The molecule has 0 spiro atoms. The molecule has 0 saturated carbocycles. The van der Waals surface area contributed by atoms with Crippen molar-refractivity contribution in [3.8, 4) is 0 Å². The van der Waals surface area contributed by atoms with Gasteiger partial charge in [0, 0.05) is 11.8 Å². The molecule has 0 aliphatic carbocycles. The number of carboxylic acids is 1. The number of rotatable bonds is 19. The van der Waals surface area contributed by atoms with Gasteiger partial charge in [-0.25, -0.2) is 18.4 Å². The molecular weight excluding hydrogens is 856 g/mol. The Morgan fingerprint density at radius 3 is 2.05 bits per heavy atom. The molecule has 4 aliphatic rings. The summed E-state index contributed by atoms with van der Waals surface area (Å²) in [6, 6.07) is 0. The zero-order chi connectivity index (χ0) is 42.6. The van der Waals surface area contributed by atoms with Crippen LogP contribution in [0.2, 0.25) is 0 Å². The summed E-state index contributed by atoms with van der Waals surface area (Å²) in [6.45, 7) is -0.272. The maximum absolute atomic E-state index is 12.1. The van der Waals surface area contributed by atoms with Gasteiger partial charge in [0.15, 0.2) is 37.3 Å². The number of aliphatic carboxylic acids is 1. The summed E-state index contributed by atoms with van der Waals surface area (Å²) in [4.78, 5) is 11.4. The fourth-order valence-corrected chi connectivity index (χ4v) is 7.35. The average Bonchev–Trinajstić information content (AvgIpc) is 3.39. The number of ether oxygens (including phenoxy) is 7. The molecule has 0 aromatic rings. The van der Waals surface area contributed by atoms with E-state index in [0.717, 1.165) is 0 Å². The minimum absolute atomic E-state index is 0.186. The van der Waals surface area contributed by atoms with Crippen LogP contribution in [0.25, 0.3) is 0 Å². The molecule has 4 rings (SSSR count). The van der Waals surface area contributed by atoms with Gasteiger partial charge in [0.05, 0.1) is 38.1 Å². The average molecular weight is 899 g/mol. The van der Waals surface area contributed by atoms with Crippen LogP contribution in [0.3, 0.4) is 0 Å². The van der Waals surface area contributed by atoms with Crippen LogP contribution in [0, 0.1) is 11.8 Å². The molecule has 0 aromatic carbocycles. The third-order valence-corrected chi connectivity index (χ3v) is 10.3. The number of hydrogen-bond donors (Lipinski definition) is 11. The lowest BCUT2D eigenvalue weighted by Crippen LogP contribution is -2.62. The maximum Gasteiger partial charge on any atom is 0.397 e. The van der Waals surface area contributed by atoms with E-state index in [1.54, 1.807) is 0 Å². The van der Waals surface area contributed by atoms with Gasteiger partial charge >= 0.3 is 26.8 Å². The van der Waals surface area contributed by atoms with E-state index in [1.165, 1.54) is 13.8 Å². The van der Waals surface area contributed by atoms with Crippen molar-refractivity contribution in [1.29, 1.82) is 0 Å². The molecule has 4 heterocycles. The third-order valence-electron chi connectivity index (χ3n) is 8.93. The van der Waals surface area contributed by atoms with Crippen LogP contribution in [0.15, 0.2) is 11.8 Å². The smallest absolute Gasteiger partial charge is 0.397 e. The quantitative estimate of drug-likeness (QED) is 0.0190. The van der Waals surface area contributed by atoms with Gasteiger partial charge in [-0.2, -0.15) is 16.8 Å². The van der Waals surface area contributed by atoms with Crippen molar-refractivity contribution in [2.24, 2.45) is 11.8 Å². The molecule has 4 aliphatic heterocycles. The molecule has 3 saturated heterocycles. The first-order chi connectivity index (χ1) is 26.5. The van der Waals surface area contributed by atoms with Gasteiger partial charge < -0.3 is 74.0 Å². The second-order valence-electron chi connectivity index (χ2n) is 12.8. The highest BCUT2D eigenvalue weighted by Crippen LogP contribution is 2.38. The Labute approximate surface area is 326 Å². The van der Waals surface area contributed by atoms with E-state index in [0.29, 0.717) is 6.08 Å². The van der Waals surface area contributed by atoms with E-state index in [-0.39, 0.29) is 12.3 Å². The minimum atomic E-state index is -5.45. The predicted octanol–water partition coefficient (Wildman–Crippen LogP) is -5.29. The molecule has 11 N–H and O–H groups in total. The molecule has 0 amide bonds. The first kappa shape index (κ1) is 48.1. The van der Waals surface area contributed by atoms with Gasteiger partial charge in [0.1, 0.15) is 48.8 Å². The van der Waals surface area contributed by atoms with Gasteiger partial charge in [-0.3, -0.25) is 13.3 Å². The molecule has 18 unspecified atom stereocenters. The van der Waals surface area contributed by atoms with E-state index >= 15 is 0 Å². The Kier molecular flexibility index (Phi) is 17.1. The van der Waals surface area contributed by atoms with Crippen LogP contribution in [0.4, 0.5) is 0 Å². The Balaban J connectivity index is 1.62. The fraction of sp³-hybridized carbons (Fsp3) is 0.885. The summed E-state index contributed by atoms with van der Waals surface area (Å²) in [5.41, 5.74) is 0. The lowest BCUT2D eigenvalue weighted by molar-refractivity contribution is -0.435. The van der Waals surface area contributed by atoms with Crippen molar-refractivity contribution in [1.82, 2.24) is 0 Å². The number of aliphatic hydroxyl groups excluding tert-OH is 7. The van der Waals surface area contributed by atoms with E-state index in [9.17, 15) is 67.0 Å². The lowest BCUT2D eigenvalue weighted by atomic mass is 9.83. The first-order valence-electron chi connectivity index (χ1n) is 16.3. The molecule has 0 bridgehead atoms. The Hall–Kier alpha value is -1.58. The number of hydrogen-bond acceptors (Lipinski definition) is 26. The van der Waals surface area contributed by atoms with E-state index < -0.39 is 163 Å². The van der Waals surface area contributed by atoms with E-state index in [4.69, 9.17) is 51.3 Å². The molecular formula is C26H42O28S3. The molecule has 3 fully saturated rings. The van der Waals surface area contributed by atoms with Crippen molar-refractivity contribution in [3.63, 3.8) is 0 Å². The van der Waals surface area contributed by atoms with Crippen LogP contribution in [0.5, 0.6) is 0 Å². The highest BCUT2D eigenvalue weighted by Gasteiger charge is 2.55. The number of carboxylic acid groups (broad SMARTS) is 1. The summed E-state index contributed by atoms with van der Waals surface area (Å²) in [7, 11) is -10.6. The van der Waals surface area contributed by atoms with E-state index in [2.05, 4.69) is 13.6 Å². The van der Waals surface area contributed by atoms with Gasteiger partial charge in [-0.1, -0.05) is 5.04 Å². The number of carbonyl (C=O) groups is 1.